The number of benzene rings is 2. The Hall–Kier alpha value is -3.43. The Morgan fingerprint density at radius 1 is 0.963 bits per heavy atom. The van der Waals surface area contributed by atoms with Gasteiger partial charge in [0, 0.05) is 13.1 Å². The van der Waals surface area contributed by atoms with E-state index in [4.69, 9.17) is 4.74 Å². The molecule has 3 aromatic rings. The normalized spacial score (nSPS) is 14.8. The molecule has 6 nitrogen and oxygen atoms in total. The number of anilines is 1. The second-order valence-corrected chi connectivity index (χ2v) is 6.17. The number of nitrogens with zero attached hydrogens (tertiary/aromatic N) is 5. The Labute approximate surface area is 157 Å². The van der Waals surface area contributed by atoms with Crippen LogP contribution in [0.25, 0.3) is 17.3 Å². The summed E-state index contributed by atoms with van der Waals surface area (Å²) in [4.78, 5) is 2.14. The number of ether oxygens (including phenoxy) is 1. The molecule has 6 heteroatoms. The molecule has 1 saturated heterocycles. The minimum atomic E-state index is 0.470. The zero-order valence-electron chi connectivity index (χ0n) is 14.8. The van der Waals surface area contributed by atoms with Gasteiger partial charge in [0.1, 0.15) is 6.07 Å². The maximum Gasteiger partial charge on any atom is 0.232 e. The topological polar surface area (TPSA) is 67.0 Å². The van der Waals surface area contributed by atoms with E-state index < -0.39 is 0 Å². The predicted molar refractivity (Wildman–Crippen MR) is 104 cm³/mol. The van der Waals surface area contributed by atoms with Crippen LogP contribution >= 0.6 is 0 Å². The van der Waals surface area contributed by atoms with Crippen molar-refractivity contribution in [3.8, 4) is 11.8 Å². The fourth-order valence-corrected chi connectivity index (χ4v) is 3.10. The van der Waals surface area contributed by atoms with E-state index in [-0.39, 0.29) is 0 Å². The van der Waals surface area contributed by atoms with Gasteiger partial charge in [-0.2, -0.15) is 5.26 Å². The smallest absolute Gasteiger partial charge is 0.232 e. The summed E-state index contributed by atoms with van der Waals surface area (Å²) in [5.41, 5.74) is 2.34. The maximum absolute atomic E-state index is 9.80. The minimum absolute atomic E-state index is 0.470. The molecular weight excluding hydrogens is 338 g/mol. The molecule has 0 amide bonds. The van der Waals surface area contributed by atoms with Crippen LogP contribution in [0, 0.1) is 11.3 Å². The van der Waals surface area contributed by atoms with Crippen LogP contribution in [0.3, 0.4) is 0 Å². The lowest BCUT2D eigenvalue weighted by atomic mass is 10.1. The summed E-state index contributed by atoms with van der Waals surface area (Å²) >= 11 is 0. The standard InChI is InChI=1S/C21H19N5O/c22-16-18(15-17-7-3-1-4-8-17)20-23-24-21(25-11-13-27-14-12-25)26(20)19-9-5-2-6-10-19/h1-10,15H,11-14H2. The van der Waals surface area contributed by atoms with Crippen LogP contribution in [0.5, 0.6) is 0 Å². The Kier molecular flexibility index (Phi) is 4.95. The summed E-state index contributed by atoms with van der Waals surface area (Å²) in [5, 5.41) is 18.6. The Bertz CT molecular complexity index is 967. The van der Waals surface area contributed by atoms with E-state index >= 15 is 0 Å². The van der Waals surface area contributed by atoms with Gasteiger partial charge in [-0.1, -0.05) is 48.5 Å². The first-order valence-corrected chi connectivity index (χ1v) is 8.87. The Balaban J connectivity index is 1.84. The zero-order valence-corrected chi connectivity index (χ0v) is 14.8. The van der Waals surface area contributed by atoms with Crippen molar-refractivity contribution in [2.24, 2.45) is 0 Å². The van der Waals surface area contributed by atoms with Gasteiger partial charge in [-0.05, 0) is 23.8 Å². The van der Waals surface area contributed by atoms with E-state index in [1.165, 1.54) is 0 Å². The summed E-state index contributed by atoms with van der Waals surface area (Å²) < 4.78 is 7.41. The number of hydrogen-bond acceptors (Lipinski definition) is 5. The van der Waals surface area contributed by atoms with Gasteiger partial charge < -0.3 is 9.64 Å². The third kappa shape index (κ3) is 3.59. The van der Waals surface area contributed by atoms with Gasteiger partial charge in [0.2, 0.25) is 5.95 Å². The molecule has 1 aliphatic heterocycles. The molecule has 0 bridgehead atoms. The number of morpholine rings is 1. The molecule has 0 atom stereocenters. The fraction of sp³-hybridized carbons (Fsp3) is 0.190. The van der Waals surface area contributed by atoms with Crippen LogP contribution in [-0.2, 0) is 4.74 Å². The lowest BCUT2D eigenvalue weighted by Gasteiger charge is -2.28. The van der Waals surface area contributed by atoms with Gasteiger partial charge in [0.15, 0.2) is 5.82 Å². The zero-order chi connectivity index (χ0) is 18.5. The molecule has 4 rings (SSSR count). The van der Waals surface area contributed by atoms with Gasteiger partial charge >= 0.3 is 0 Å². The van der Waals surface area contributed by atoms with Crippen LogP contribution in [0.2, 0.25) is 0 Å². The molecule has 2 heterocycles. The van der Waals surface area contributed by atoms with E-state index in [1.54, 1.807) is 0 Å². The third-order valence-corrected chi connectivity index (χ3v) is 4.43. The van der Waals surface area contributed by atoms with Gasteiger partial charge in [-0.3, -0.25) is 4.57 Å². The van der Waals surface area contributed by atoms with Crippen LogP contribution in [0.15, 0.2) is 60.7 Å². The van der Waals surface area contributed by atoms with E-state index in [0.29, 0.717) is 24.6 Å². The highest BCUT2D eigenvalue weighted by molar-refractivity contribution is 5.88. The van der Waals surface area contributed by atoms with Crippen molar-refractivity contribution >= 4 is 17.6 Å². The lowest BCUT2D eigenvalue weighted by Crippen LogP contribution is -2.38. The first-order chi connectivity index (χ1) is 13.4. The van der Waals surface area contributed by atoms with Gasteiger partial charge in [-0.25, -0.2) is 0 Å². The van der Waals surface area contributed by atoms with Crippen molar-refractivity contribution in [1.29, 1.82) is 5.26 Å². The van der Waals surface area contributed by atoms with E-state index in [0.717, 1.165) is 30.3 Å². The molecule has 0 radical (unpaired) electrons. The maximum atomic E-state index is 9.80. The largest absolute Gasteiger partial charge is 0.378 e. The summed E-state index contributed by atoms with van der Waals surface area (Å²) in [7, 11) is 0. The highest BCUT2D eigenvalue weighted by Gasteiger charge is 2.23. The summed E-state index contributed by atoms with van der Waals surface area (Å²) in [5.74, 6) is 1.27. The fourth-order valence-electron chi connectivity index (χ4n) is 3.10. The lowest BCUT2D eigenvalue weighted by molar-refractivity contribution is 0.122. The SMILES string of the molecule is N#CC(=Cc1ccccc1)c1nnc(N2CCOCC2)n1-c1ccccc1. The predicted octanol–water partition coefficient (Wildman–Crippen LogP) is 3.17. The van der Waals surface area contributed by atoms with Gasteiger partial charge in [-0.15, -0.1) is 10.2 Å². The molecule has 0 N–H and O–H groups in total. The molecule has 0 saturated carbocycles. The van der Waals surface area contributed by atoms with Crippen molar-refractivity contribution in [3.05, 3.63) is 72.1 Å². The first kappa shape index (κ1) is 17.0. The number of rotatable bonds is 4. The molecule has 0 unspecified atom stereocenters. The van der Waals surface area contributed by atoms with Crippen molar-refractivity contribution in [2.45, 2.75) is 0 Å². The Morgan fingerprint density at radius 2 is 1.63 bits per heavy atom. The molecule has 0 spiro atoms. The second kappa shape index (κ2) is 7.85. The molecule has 134 valence electrons. The van der Waals surface area contributed by atoms with Crippen molar-refractivity contribution in [3.63, 3.8) is 0 Å². The second-order valence-electron chi connectivity index (χ2n) is 6.17. The van der Waals surface area contributed by atoms with Crippen molar-refractivity contribution in [2.75, 3.05) is 31.2 Å². The minimum Gasteiger partial charge on any atom is -0.378 e. The number of allylic oxidation sites excluding steroid dienone is 1. The molecule has 0 aliphatic carbocycles. The third-order valence-electron chi connectivity index (χ3n) is 4.43. The molecule has 1 aliphatic rings. The highest BCUT2D eigenvalue weighted by atomic mass is 16.5. The summed E-state index contributed by atoms with van der Waals surface area (Å²) in [6.07, 6.45) is 1.84. The molecule has 1 aromatic heterocycles. The number of nitriles is 1. The van der Waals surface area contributed by atoms with Crippen LogP contribution in [-0.4, -0.2) is 41.1 Å². The van der Waals surface area contributed by atoms with Crippen LogP contribution in [0.1, 0.15) is 11.4 Å². The summed E-state index contributed by atoms with van der Waals surface area (Å²) in [6, 6.07) is 21.9. The molecule has 1 fully saturated rings. The first-order valence-electron chi connectivity index (χ1n) is 8.87. The highest BCUT2D eigenvalue weighted by Crippen LogP contribution is 2.26. The molecule has 27 heavy (non-hydrogen) atoms. The molecule has 2 aromatic carbocycles. The average Bonchev–Trinajstić information content (AvgIpc) is 3.19. The quantitative estimate of drug-likeness (QED) is 0.671. The van der Waals surface area contributed by atoms with E-state index in [9.17, 15) is 5.26 Å². The summed E-state index contributed by atoms with van der Waals surface area (Å²) in [6.45, 7) is 2.80. The van der Waals surface area contributed by atoms with E-state index in [2.05, 4.69) is 21.2 Å². The van der Waals surface area contributed by atoms with Gasteiger partial charge in [0.05, 0.1) is 24.5 Å². The Morgan fingerprint density at radius 3 is 2.30 bits per heavy atom. The van der Waals surface area contributed by atoms with Gasteiger partial charge in [0.25, 0.3) is 0 Å². The number of para-hydroxylation sites is 1. The van der Waals surface area contributed by atoms with Crippen LogP contribution in [0.4, 0.5) is 5.95 Å². The monoisotopic (exact) mass is 357 g/mol. The van der Waals surface area contributed by atoms with Crippen molar-refractivity contribution < 1.29 is 4.74 Å². The molecular formula is C21H19N5O. The number of aromatic nitrogens is 3. The van der Waals surface area contributed by atoms with Crippen molar-refractivity contribution in [1.82, 2.24) is 14.8 Å². The van der Waals surface area contributed by atoms with E-state index in [1.807, 2.05) is 71.3 Å². The number of hydrogen-bond donors (Lipinski definition) is 0. The van der Waals surface area contributed by atoms with Crippen LogP contribution < -0.4 is 4.90 Å². The average molecular weight is 357 g/mol.